The van der Waals surface area contributed by atoms with E-state index in [2.05, 4.69) is 10.6 Å². The molecule has 0 unspecified atom stereocenters. The number of nitro benzene ring substituents is 1. The van der Waals surface area contributed by atoms with Crippen LogP contribution in [0.3, 0.4) is 0 Å². The molecule has 2 fully saturated rings. The molecule has 2 aliphatic rings. The van der Waals surface area contributed by atoms with Crippen molar-refractivity contribution >= 4 is 35.0 Å². The van der Waals surface area contributed by atoms with E-state index in [-0.39, 0.29) is 17.3 Å². The molecule has 0 radical (unpaired) electrons. The molecule has 134 valence electrons. The molecule has 1 saturated heterocycles. The molecule has 0 spiro atoms. The van der Waals surface area contributed by atoms with Crippen LogP contribution in [0.5, 0.6) is 0 Å². The molecule has 9 heteroatoms. The van der Waals surface area contributed by atoms with Crippen LogP contribution in [0.2, 0.25) is 0 Å². The van der Waals surface area contributed by atoms with Crippen molar-refractivity contribution in [3.63, 3.8) is 0 Å². The lowest BCUT2D eigenvalue weighted by atomic mass is 9.91. The van der Waals surface area contributed by atoms with Crippen molar-refractivity contribution in [1.82, 2.24) is 5.32 Å². The van der Waals surface area contributed by atoms with Gasteiger partial charge in [0, 0.05) is 17.7 Å². The van der Waals surface area contributed by atoms with Crippen molar-refractivity contribution in [2.24, 2.45) is 0 Å². The Morgan fingerprint density at radius 3 is 2.52 bits per heavy atom. The van der Waals surface area contributed by atoms with Gasteiger partial charge >= 0.3 is 5.97 Å². The molecule has 3 N–H and O–H groups in total. The number of thioether (sulfide) groups is 1. The van der Waals surface area contributed by atoms with Gasteiger partial charge in [-0.1, -0.05) is 0 Å². The van der Waals surface area contributed by atoms with E-state index in [4.69, 9.17) is 0 Å². The van der Waals surface area contributed by atoms with Crippen LogP contribution >= 0.6 is 11.8 Å². The third-order valence-corrected chi connectivity index (χ3v) is 5.49. The quantitative estimate of drug-likeness (QED) is 0.522. The number of amides is 1. The molecule has 1 saturated carbocycles. The van der Waals surface area contributed by atoms with Gasteiger partial charge in [0.05, 0.1) is 4.92 Å². The van der Waals surface area contributed by atoms with E-state index in [1.54, 1.807) is 11.8 Å². The van der Waals surface area contributed by atoms with Crippen molar-refractivity contribution < 1.29 is 19.6 Å². The van der Waals surface area contributed by atoms with Gasteiger partial charge in [-0.05, 0) is 49.3 Å². The zero-order valence-electron chi connectivity index (χ0n) is 13.5. The summed E-state index contributed by atoms with van der Waals surface area (Å²) >= 11 is 1.65. The first-order valence-corrected chi connectivity index (χ1v) is 9.25. The Labute approximate surface area is 148 Å². The van der Waals surface area contributed by atoms with E-state index in [9.17, 15) is 24.8 Å². The highest BCUT2D eigenvalue weighted by Crippen LogP contribution is 2.32. The number of hydrogen-bond acceptors (Lipinski definition) is 6. The first kappa shape index (κ1) is 17.5. The van der Waals surface area contributed by atoms with Crippen LogP contribution in [0.25, 0.3) is 0 Å². The number of benzene rings is 1. The predicted octanol–water partition coefficient (Wildman–Crippen LogP) is 2.25. The summed E-state index contributed by atoms with van der Waals surface area (Å²) in [5.74, 6) is -0.369. The summed E-state index contributed by atoms with van der Waals surface area (Å²) in [5, 5.41) is 26.5. The molecule has 3 rings (SSSR count). The number of nitro groups is 1. The van der Waals surface area contributed by atoms with Crippen LogP contribution in [0.4, 0.5) is 11.4 Å². The van der Waals surface area contributed by atoms with Gasteiger partial charge in [-0.3, -0.25) is 14.9 Å². The zero-order chi connectivity index (χ0) is 18.0. The average Bonchev–Trinajstić information content (AvgIpc) is 3.39. The van der Waals surface area contributed by atoms with Crippen LogP contribution in [-0.4, -0.2) is 45.0 Å². The molecule has 0 bridgehead atoms. The van der Waals surface area contributed by atoms with E-state index in [1.807, 2.05) is 0 Å². The van der Waals surface area contributed by atoms with Crippen LogP contribution < -0.4 is 10.6 Å². The fourth-order valence-electron chi connectivity index (χ4n) is 2.80. The molecule has 1 aliphatic carbocycles. The van der Waals surface area contributed by atoms with Gasteiger partial charge in [0.15, 0.2) is 0 Å². The van der Waals surface area contributed by atoms with Crippen molar-refractivity contribution in [3.05, 3.63) is 33.9 Å². The van der Waals surface area contributed by atoms with Gasteiger partial charge < -0.3 is 15.7 Å². The first-order chi connectivity index (χ1) is 11.9. The highest BCUT2D eigenvalue weighted by atomic mass is 32.2. The monoisotopic (exact) mass is 365 g/mol. The largest absolute Gasteiger partial charge is 0.480 e. The summed E-state index contributed by atoms with van der Waals surface area (Å²) in [7, 11) is 0. The van der Waals surface area contributed by atoms with Crippen LogP contribution in [0, 0.1) is 10.1 Å². The third-order valence-electron chi connectivity index (χ3n) is 4.50. The highest BCUT2D eigenvalue weighted by molar-refractivity contribution is 7.99. The molecular weight excluding hydrogens is 346 g/mol. The van der Waals surface area contributed by atoms with Crippen molar-refractivity contribution in [2.75, 3.05) is 16.8 Å². The summed E-state index contributed by atoms with van der Waals surface area (Å²) in [6.07, 6.45) is 2.61. The Morgan fingerprint density at radius 1 is 1.28 bits per heavy atom. The number of nitrogens with one attached hydrogen (secondary N) is 2. The number of aliphatic carboxylic acids is 1. The van der Waals surface area contributed by atoms with Crippen molar-refractivity contribution in [3.8, 4) is 0 Å². The standard InChI is InChI=1S/C16H19N3O5S/c20-14(18-16(15(21)22)5-7-25-8-6-16)10-1-4-12(17-11-2-3-11)13(9-10)19(23)24/h1,4,9,11,17H,2-3,5-8H2,(H,18,20)(H,21,22). The number of hydrogen-bond donors (Lipinski definition) is 3. The number of anilines is 1. The summed E-state index contributed by atoms with van der Waals surface area (Å²) in [4.78, 5) is 34.9. The van der Waals surface area contributed by atoms with Crippen LogP contribution in [0.15, 0.2) is 18.2 Å². The number of nitrogens with zero attached hydrogens (tertiary/aromatic N) is 1. The highest BCUT2D eigenvalue weighted by Gasteiger charge is 2.41. The van der Waals surface area contributed by atoms with Gasteiger partial charge in [-0.25, -0.2) is 4.79 Å². The summed E-state index contributed by atoms with van der Waals surface area (Å²) in [6, 6.07) is 4.44. The average molecular weight is 365 g/mol. The fraction of sp³-hybridized carbons (Fsp3) is 0.500. The summed E-state index contributed by atoms with van der Waals surface area (Å²) < 4.78 is 0. The Balaban J connectivity index is 1.82. The van der Waals surface area contributed by atoms with Gasteiger partial charge in [-0.2, -0.15) is 11.8 Å². The minimum Gasteiger partial charge on any atom is -0.480 e. The molecule has 1 amide bonds. The fourth-order valence-corrected chi connectivity index (χ4v) is 3.98. The summed E-state index contributed by atoms with van der Waals surface area (Å²) in [6.45, 7) is 0. The second kappa shape index (κ2) is 6.91. The Morgan fingerprint density at radius 2 is 1.96 bits per heavy atom. The lowest BCUT2D eigenvalue weighted by Gasteiger charge is -2.33. The SMILES string of the molecule is O=C(NC1(C(=O)O)CCSCC1)c1ccc(NC2CC2)c([N+](=O)[O-])c1. The number of carbonyl (C=O) groups excluding carboxylic acids is 1. The number of carbonyl (C=O) groups is 2. The lowest BCUT2D eigenvalue weighted by molar-refractivity contribution is -0.384. The van der Waals surface area contributed by atoms with Gasteiger partial charge in [-0.15, -0.1) is 0 Å². The molecule has 1 aromatic carbocycles. The maximum Gasteiger partial charge on any atom is 0.329 e. The molecule has 0 aromatic heterocycles. The first-order valence-electron chi connectivity index (χ1n) is 8.10. The summed E-state index contributed by atoms with van der Waals surface area (Å²) in [5.41, 5.74) is -1.01. The van der Waals surface area contributed by atoms with Gasteiger partial charge in [0.25, 0.3) is 11.6 Å². The number of carboxylic acids is 1. The minimum absolute atomic E-state index is 0.0897. The van der Waals surface area contributed by atoms with E-state index in [1.165, 1.54) is 18.2 Å². The predicted molar refractivity (Wildman–Crippen MR) is 94.1 cm³/mol. The third kappa shape index (κ3) is 3.87. The van der Waals surface area contributed by atoms with E-state index in [0.717, 1.165) is 12.8 Å². The normalized spacial score (nSPS) is 19.0. The molecule has 25 heavy (non-hydrogen) atoms. The molecule has 1 heterocycles. The van der Waals surface area contributed by atoms with Crippen LogP contribution in [-0.2, 0) is 4.79 Å². The Hall–Kier alpha value is -2.29. The second-order valence-corrected chi connectivity index (χ2v) is 7.59. The van der Waals surface area contributed by atoms with Crippen molar-refractivity contribution in [2.45, 2.75) is 37.3 Å². The maximum absolute atomic E-state index is 12.5. The second-order valence-electron chi connectivity index (χ2n) is 6.36. The minimum atomic E-state index is -1.30. The van der Waals surface area contributed by atoms with E-state index in [0.29, 0.717) is 30.0 Å². The topological polar surface area (TPSA) is 122 Å². The van der Waals surface area contributed by atoms with E-state index < -0.39 is 22.3 Å². The van der Waals surface area contributed by atoms with Crippen molar-refractivity contribution in [1.29, 1.82) is 0 Å². The Kier molecular flexibility index (Phi) is 4.85. The number of carboxylic acid groups (broad SMARTS) is 1. The maximum atomic E-state index is 12.5. The molecule has 1 aromatic rings. The zero-order valence-corrected chi connectivity index (χ0v) is 14.3. The smallest absolute Gasteiger partial charge is 0.329 e. The van der Waals surface area contributed by atoms with Gasteiger partial charge in [0.1, 0.15) is 11.2 Å². The molecule has 1 aliphatic heterocycles. The molecule has 8 nitrogen and oxygen atoms in total. The number of rotatable bonds is 6. The Bertz CT molecular complexity index is 714. The molecular formula is C16H19N3O5S. The van der Waals surface area contributed by atoms with Gasteiger partial charge in [0.2, 0.25) is 0 Å². The van der Waals surface area contributed by atoms with Crippen LogP contribution in [0.1, 0.15) is 36.0 Å². The van der Waals surface area contributed by atoms with E-state index >= 15 is 0 Å². The lowest BCUT2D eigenvalue weighted by Crippen LogP contribution is -2.56. The molecule has 0 atom stereocenters.